The van der Waals surface area contributed by atoms with E-state index in [1.54, 1.807) is 7.11 Å². The molecule has 13 heavy (non-hydrogen) atoms. The highest BCUT2D eigenvalue weighted by Gasteiger charge is 2.12. The number of rotatable bonds is 7. The molecular weight excluding hydrogens is 166 g/mol. The average Bonchev–Trinajstić information content (AvgIpc) is 2.05. The van der Waals surface area contributed by atoms with Crippen LogP contribution in [-0.2, 0) is 4.74 Å². The maximum Gasteiger partial charge on any atom is 0.0587 e. The Kier molecular flexibility index (Phi) is 7.23. The zero-order valence-electron chi connectivity index (χ0n) is 9.21. The molecule has 0 spiro atoms. The van der Waals surface area contributed by atoms with Crippen molar-refractivity contribution in [3.05, 3.63) is 0 Å². The summed E-state index contributed by atoms with van der Waals surface area (Å²) in [7, 11) is 1.71. The summed E-state index contributed by atoms with van der Waals surface area (Å²) in [6.45, 7) is 8.22. The van der Waals surface area contributed by atoms with Gasteiger partial charge in [0.15, 0.2) is 0 Å². The molecule has 0 rings (SSSR count). The van der Waals surface area contributed by atoms with Crippen LogP contribution >= 0.6 is 0 Å². The molecule has 0 fully saturated rings. The minimum absolute atomic E-state index is 0.206. The summed E-state index contributed by atoms with van der Waals surface area (Å²) < 4.78 is 5.03. The lowest BCUT2D eigenvalue weighted by atomic mass is 10.0. The van der Waals surface area contributed by atoms with E-state index in [1.807, 2.05) is 0 Å². The Bertz CT molecular complexity index is 117. The molecule has 0 aromatic rings. The zero-order chi connectivity index (χ0) is 10.3. The molecule has 80 valence electrons. The third kappa shape index (κ3) is 6.02. The fraction of sp³-hybridized carbons (Fsp3) is 1.00. The summed E-state index contributed by atoms with van der Waals surface area (Å²) in [6.07, 6.45) is 0. The molecule has 0 heterocycles. The highest BCUT2D eigenvalue weighted by Crippen LogP contribution is 2.01. The van der Waals surface area contributed by atoms with Crippen molar-refractivity contribution in [1.29, 1.82) is 0 Å². The third-order valence-corrected chi connectivity index (χ3v) is 2.18. The molecule has 0 aliphatic rings. The molecule has 3 nitrogen and oxygen atoms in total. The van der Waals surface area contributed by atoms with E-state index in [9.17, 15) is 0 Å². The van der Waals surface area contributed by atoms with E-state index in [1.165, 1.54) is 0 Å². The van der Waals surface area contributed by atoms with E-state index < -0.39 is 0 Å². The zero-order valence-corrected chi connectivity index (χ0v) is 9.21. The Morgan fingerprint density at radius 1 is 1.31 bits per heavy atom. The standard InChI is InChI=1S/C10H23NO2/c1-8(2)10(6-12)11-5-9(3)7-13-4/h8-12H,5-7H2,1-4H3/t9?,10-/m1/s1. The van der Waals surface area contributed by atoms with Gasteiger partial charge in [0.05, 0.1) is 6.61 Å². The lowest BCUT2D eigenvalue weighted by molar-refractivity contribution is 0.148. The monoisotopic (exact) mass is 189 g/mol. The Morgan fingerprint density at radius 3 is 2.31 bits per heavy atom. The maximum absolute atomic E-state index is 9.05. The molecule has 0 aromatic carbocycles. The Hall–Kier alpha value is -0.120. The summed E-state index contributed by atoms with van der Waals surface area (Å²) in [5.74, 6) is 0.970. The lowest BCUT2D eigenvalue weighted by Gasteiger charge is -2.22. The van der Waals surface area contributed by atoms with Crippen molar-refractivity contribution >= 4 is 0 Å². The maximum atomic E-state index is 9.05. The molecule has 3 heteroatoms. The normalized spacial score (nSPS) is 16.2. The van der Waals surface area contributed by atoms with Crippen LogP contribution in [-0.4, -0.2) is 38.0 Å². The molecule has 0 aliphatic heterocycles. The van der Waals surface area contributed by atoms with Crippen molar-refractivity contribution in [2.45, 2.75) is 26.8 Å². The number of ether oxygens (including phenoxy) is 1. The van der Waals surface area contributed by atoms with Crippen molar-refractivity contribution in [3.63, 3.8) is 0 Å². The lowest BCUT2D eigenvalue weighted by Crippen LogP contribution is -2.40. The first-order chi connectivity index (χ1) is 6.11. The predicted molar refractivity (Wildman–Crippen MR) is 54.8 cm³/mol. The molecule has 0 bridgehead atoms. The number of nitrogens with one attached hydrogen (secondary N) is 1. The van der Waals surface area contributed by atoms with Crippen LogP contribution in [0.15, 0.2) is 0 Å². The van der Waals surface area contributed by atoms with E-state index in [0.29, 0.717) is 11.8 Å². The number of methoxy groups -OCH3 is 1. The SMILES string of the molecule is COCC(C)CN[C@H](CO)C(C)C. The van der Waals surface area contributed by atoms with Crippen molar-refractivity contribution < 1.29 is 9.84 Å². The van der Waals surface area contributed by atoms with Gasteiger partial charge < -0.3 is 15.2 Å². The predicted octanol–water partition coefficient (Wildman–Crippen LogP) is 0.875. The van der Waals surface area contributed by atoms with Gasteiger partial charge in [-0.1, -0.05) is 20.8 Å². The van der Waals surface area contributed by atoms with Crippen LogP contribution < -0.4 is 5.32 Å². The summed E-state index contributed by atoms with van der Waals surface area (Å²) >= 11 is 0. The summed E-state index contributed by atoms with van der Waals surface area (Å²) in [5.41, 5.74) is 0. The minimum Gasteiger partial charge on any atom is -0.395 e. The molecule has 0 radical (unpaired) electrons. The summed E-state index contributed by atoms with van der Waals surface area (Å²) in [6, 6.07) is 0.208. The van der Waals surface area contributed by atoms with E-state index in [0.717, 1.165) is 13.2 Å². The number of hydrogen-bond donors (Lipinski definition) is 2. The van der Waals surface area contributed by atoms with Crippen LogP contribution in [0.5, 0.6) is 0 Å². The number of aliphatic hydroxyl groups excluding tert-OH is 1. The first kappa shape index (κ1) is 12.9. The second kappa shape index (κ2) is 7.30. The van der Waals surface area contributed by atoms with E-state index >= 15 is 0 Å². The highest BCUT2D eigenvalue weighted by atomic mass is 16.5. The first-order valence-corrected chi connectivity index (χ1v) is 4.95. The highest BCUT2D eigenvalue weighted by molar-refractivity contribution is 4.70. The van der Waals surface area contributed by atoms with Crippen LogP contribution in [0.4, 0.5) is 0 Å². The van der Waals surface area contributed by atoms with Gasteiger partial charge in [-0.05, 0) is 11.8 Å². The molecule has 2 N–H and O–H groups in total. The number of hydrogen-bond acceptors (Lipinski definition) is 3. The van der Waals surface area contributed by atoms with Gasteiger partial charge in [0, 0.05) is 26.3 Å². The van der Waals surface area contributed by atoms with Gasteiger partial charge in [0.25, 0.3) is 0 Å². The van der Waals surface area contributed by atoms with Gasteiger partial charge in [-0.3, -0.25) is 0 Å². The van der Waals surface area contributed by atoms with Crippen molar-refractivity contribution in [1.82, 2.24) is 5.32 Å². The summed E-state index contributed by atoms with van der Waals surface area (Å²) in [4.78, 5) is 0. The molecular formula is C10H23NO2. The summed E-state index contributed by atoms with van der Waals surface area (Å²) in [5, 5.41) is 12.4. The molecule has 0 aliphatic carbocycles. The van der Waals surface area contributed by atoms with Gasteiger partial charge in [0.2, 0.25) is 0 Å². The smallest absolute Gasteiger partial charge is 0.0587 e. The quantitative estimate of drug-likeness (QED) is 0.624. The first-order valence-electron chi connectivity index (χ1n) is 4.95. The molecule has 0 aromatic heterocycles. The molecule has 0 saturated carbocycles. The fourth-order valence-electron chi connectivity index (χ4n) is 1.21. The van der Waals surface area contributed by atoms with E-state index in [4.69, 9.17) is 9.84 Å². The average molecular weight is 189 g/mol. The second-order valence-electron chi connectivity index (χ2n) is 4.00. The van der Waals surface area contributed by atoms with E-state index in [-0.39, 0.29) is 12.6 Å². The van der Waals surface area contributed by atoms with Crippen molar-refractivity contribution in [2.24, 2.45) is 11.8 Å². The minimum atomic E-state index is 0.206. The Balaban J connectivity index is 3.59. The Morgan fingerprint density at radius 2 is 1.92 bits per heavy atom. The van der Waals surface area contributed by atoms with Gasteiger partial charge >= 0.3 is 0 Å². The van der Waals surface area contributed by atoms with Crippen molar-refractivity contribution in [3.8, 4) is 0 Å². The third-order valence-electron chi connectivity index (χ3n) is 2.18. The topological polar surface area (TPSA) is 41.5 Å². The van der Waals surface area contributed by atoms with Gasteiger partial charge in [-0.2, -0.15) is 0 Å². The largest absolute Gasteiger partial charge is 0.395 e. The van der Waals surface area contributed by atoms with Crippen LogP contribution in [0.25, 0.3) is 0 Å². The molecule has 0 saturated heterocycles. The van der Waals surface area contributed by atoms with Crippen molar-refractivity contribution in [2.75, 3.05) is 26.9 Å². The number of aliphatic hydroxyl groups is 1. The fourth-order valence-corrected chi connectivity index (χ4v) is 1.21. The van der Waals surface area contributed by atoms with Gasteiger partial charge in [-0.25, -0.2) is 0 Å². The second-order valence-corrected chi connectivity index (χ2v) is 4.00. The van der Waals surface area contributed by atoms with Gasteiger partial charge in [0.1, 0.15) is 0 Å². The van der Waals surface area contributed by atoms with Crippen LogP contribution in [0.3, 0.4) is 0 Å². The van der Waals surface area contributed by atoms with Crippen LogP contribution in [0.1, 0.15) is 20.8 Å². The van der Waals surface area contributed by atoms with Crippen LogP contribution in [0.2, 0.25) is 0 Å². The van der Waals surface area contributed by atoms with Crippen LogP contribution in [0, 0.1) is 11.8 Å². The van der Waals surface area contributed by atoms with Gasteiger partial charge in [-0.15, -0.1) is 0 Å². The van der Waals surface area contributed by atoms with E-state index in [2.05, 4.69) is 26.1 Å². The molecule has 1 unspecified atom stereocenters. The Labute approximate surface area is 81.5 Å². The molecule has 0 amide bonds. The molecule has 2 atom stereocenters.